The summed E-state index contributed by atoms with van der Waals surface area (Å²) in [7, 11) is 2.12. The molecule has 96 valence electrons. The van der Waals surface area contributed by atoms with E-state index < -0.39 is 0 Å². The van der Waals surface area contributed by atoms with Crippen LogP contribution in [0.2, 0.25) is 0 Å². The quantitative estimate of drug-likeness (QED) is 0.698. The largest absolute Gasteiger partial charge is 0.380 e. The molecule has 0 amide bonds. The van der Waals surface area contributed by atoms with Crippen LogP contribution < -0.4 is 5.73 Å². The van der Waals surface area contributed by atoms with Crippen LogP contribution in [0.4, 0.5) is 0 Å². The van der Waals surface area contributed by atoms with Gasteiger partial charge in [0.05, 0.1) is 6.61 Å². The summed E-state index contributed by atoms with van der Waals surface area (Å²) in [5.41, 5.74) is 8.36. The van der Waals surface area contributed by atoms with Crippen LogP contribution in [0.5, 0.6) is 0 Å². The fourth-order valence-corrected chi connectivity index (χ4v) is 1.85. The third-order valence-electron chi connectivity index (χ3n) is 2.79. The Morgan fingerprint density at radius 3 is 2.59 bits per heavy atom. The molecule has 1 rings (SSSR count). The number of nitrogens with two attached hydrogens (primary N) is 1. The van der Waals surface area contributed by atoms with Crippen LogP contribution in [-0.2, 0) is 17.7 Å². The van der Waals surface area contributed by atoms with E-state index in [9.17, 15) is 0 Å². The van der Waals surface area contributed by atoms with Gasteiger partial charge in [0.25, 0.3) is 0 Å². The van der Waals surface area contributed by atoms with Crippen molar-refractivity contribution < 1.29 is 4.74 Å². The number of benzene rings is 1. The van der Waals surface area contributed by atoms with Crippen LogP contribution >= 0.6 is 0 Å². The first kappa shape index (κ1) is 14.2. The number of nitrogens with zero attached hydrogens (tertiary/aromatic N) is 1. The van der Waals surface area contributed by atoms with Crippen molar-refractivity contribution in [2.24, 2.45) is 5.73 Å². The zero-order valence-corrected chi connectivity index (χ0v) is 11.0. The molecular weight excluding hydrogens is 212 g/mol. The fourth-order valence-electron chi connectivity index (χ4n) is 1.85. The van der Waals surface area contributed by atoms with Crippen molar-refractivity contribution >= 4 is 0 Å². The minimum absolute atomic E-state index is 0.708. The third kappa shape index (κ3) is 5.31. The highest BCUT2D eigenvalue weighted by Gasteiger charge is 2.04. The summed E-state index contributed by atoms with van der Waals surface area (Å²) in [5, 5.41) is 0. The Hall–Kier alpha value is -0.900. The summed E-state index contributed by atoms with van der Waals surface area (Å²) >= 11 is 0. The standard InChI is InChI=1S/C14H24N2O/c1-3-17-11-10-16(2)12-14-7-5-4-6-13(14)8-9-15/h4-7H,3,8-12,15H2,1-2H3. The van der Waals surface area contributed by atoms with Crippen LogP contribution in [0.15, 0.2) is 24.3 Å². The van der Waals surface area contributed by atoms with Crippen molar-refractivity contribution in [3.05, 3.63) is 35.4 Å². The Labute approximate surface area is 105 Å². The SMILES string of the molecule is CCOCCN(C)Cc1ccccc1CCN. The summed E-state index contributed by atoms with van der Waals surface area (Å²) in [6.07, 6.45) is 0.954. The molecule has 17 heavy (non-hydrogen) atoms. The van der Waals surface area contributed by atoms with Gasteiger partial charge in [0, 0.05) is 19.7 Å². The van der Waals surface area contributed by atoms with Crippen molar-refractivity contribution in [3.8, 4) is 0 Å². The van der Waals surface area contributed by atoms with Gasteiger partial charge in [-0.2, -0.15) is 0 Å². The van der Waals surface area contributed by atoms with Crippen LogP contribution in [0, 0.1) is 0 Å². The lowest BCUT2D eigenvalue weighted by Crippen LogP contribution is -2.23. The molecule has 0 unspecified atom stereocenters. The highest BCUT2D eigenvalue weighted by Crippen LogP contribution is 2.11. The minimum atomic E-state index is 0.708. The van der Waals surface area contributed by atoms with Crippen molar-refractivity contribution in [2.75, 3.05) is 33.4 Å². The number of hydrogen-bond donors (Lipinski definition) is 1. The maximum Gasteiger partial charge on any atom is 0.0593 e. The number of ether oxygens (including phenoxy) is 1. The number of rotatable bonds is 8. The molecule has 0 spiro atoms. The molecular formula is C14H24N2O. The Bertz CT molecular complexity index is 315. The molecule has 1 aromatic carbocycles. The Morgan fingerprint density at radius 1 is 1.24 bits per heavy atom. The van der Waals surface area contributed by atoms with Crippen molar-refractivity contribution in [3.63, 3.8) is 0 Å². The maximum atomic E-state index is 5.62. The number of hydrogen-bond acceptors (Lipinski definition) is 3. The van der Waals surface area contributed by atoms with Gasteiger partial charge in [-0.15, -0.1) is 0 Å². The molecule has 0 bridgehead atoms. The Kier molecular flexibility index (Phi) is 6.86. The van der Waals surface area contributed by atoms with Crippen LogP contribution in [0.25, 0.3) is 0 Å². The zero-order valence-electron chi connectivity index (χ0n) is 11.0. The van der Waals surface area contributed by atoms with Crippen LogP contribution in [0.1, 0.15) is 18.1 Å². The Morgan fingerprint density at radius 2 is 1.94 bits per heavy atom. The first-order chi connectivity index (χ1) is 8.27. The van der Waals surface area contributed by atoms with E-state index >= 15 is 0 Å². The zero-order chi connectivity index (χ0) is 12.5. The van der Waals surface area contributed by atoms with E-state index in [1.54, 1.807) is 0 Å². The molecule has 0 heterocycles. The fraction of sp³-hybridized carbons (Fsp3) is 0.571. The lowest BCUT2D eigenvalue weighted by molar-refractivity contribution is 0.120. The van der Waals surface area contributed by atoms with Gasteiger partial charge in [0.15, 0.2) is 0 Å². The van der Waals surface area contributed by atoms with Gasteiger partial charge in [-0.25, -0.2) is 0 Å². The lowest BCUT2D eigenvalue weighted by atomic mass is 10.0. The molecule has 0 fully saturated rings. The first-order valence-electron chi connectivity index (χ1n) is 6.31. The summed E-state index contributed by atoms with van der Waals surface area (Å²) in [5.74, 6) is 0. The summed E-state index contributed by atoms with van der Waals surface area (Å²) < 4.78 is 5.36. The van der Waals surface area contributed by atoms with Crippen molar-refractivity contribution in [2.45, 2.75) is 19.9 Å². The third-order valence-corrected chi connectivity index (χ3v) is 2.79. The van der Waals surface area contributed by atoms with Gasteiger partial charge in [-0.3, -0.25) is 4.90 Å². The van der Waals surface area contributed by atoms with E-state index in [1.807, 2.05) is 6.92 Å². The van der Waals surface area contributed by atoms with E-state index in [4.69, 9.17) is 10.5 Å². The van der Waals surface area contributed by atoms with E-state index in [1.165, 1.54) is 11.1 Å². The molecule has 0 aliphatic carbocycles. The maximum absolute atomic E-state index is 5.62. The topological polar surface area (TPSA) is 38.5 Å². The van der Waals surface area contributed by atoms with Gasteiger partial charge >= 0.3 is 0 Å². The van der Waals surface area contributed by atoms with Gasteiger partial charge in [0.1, 0.15) is 0 Å². The average molecular weight is 236 g/mol. The normalized spacial score (nSPS) is 11.1. The highest BCUT2D eigenvalue weighted by molar-refractivity contribution is 5.27. The second-order valence-electron chi connectivity index (χ2n) is 4.24. The van der Waals surface area contributed by atoms with Crippen LogP contribution in [0.3, 0.4) is 0 Å². The predicted octanol–water partition coefficient (Wildman–Crippen LogP) is 1.66. The van der Waals surface area contributed by atoms with Gasteiger partial charge in [0.2, 0.25) is 0 Å². The molecule has 3 nitrogen and oxygen atoms in total. The highest BCUT2D eigenvalue weighted by atomic mass is 16.5. The Balaban J connectivity index is 2.48. The van der Waals surface area contributed by atoms with Crippen LogP contribution in [-0.4, -0.2) is 38.3 Å². The summed E-state index contributed by atoms with van der Waals surface area (Å²) in [6.45, 7) is 6.24. The second kappa shape index (κ2) is 8.23. The molecule has 0 aliphatic heterocycles. The van der Waals surface area contributed by atoms with Gasteiger partial charge in [-0.05, 0) is 38.1 Å². The molecule has 0 aromatic heterocycles. The molecule has 0 saturated carbocycles. The summed E-state index contributed by atoms with van der Waals surface area (Å²) in [6, 6.07) is 8.52. The molecule has 3 heteroatoms. The summed E-state index contributed by atoms with van der Waals surface area (Å²) in [4.78, 5) is 2.28. The van der Waals surface area contributed by atoms with Gasteiger partial charge in [-0.1, -0.05) is 24.3 Å². The predicted molar refractivity (Wildman–Crippen MR) is 72.0 cm³/mol. The molecule has 2 N–H and O–H groups in total. The van der Waals surface area contributed by atoms with E-state index in [0.717, 1.165) is 32.7 Å². The monoisotopic (exact) mass is 236 g/mol. The molecule has 0 radical (unpaired) electrons. The minimum Gasteiger partial charge on any atom is -0.380 e. The van der Waals surface area contributed by atoms with Crippen molar-refractivity contribution in [1.82, 2.24) is 4.90 Å². The van der Waals surface area contributed by atoms with Crippen molar-refractivity contribution in [1.29, 1.82) is 0 Å². The molecule has 0 atom stereocenters. The number of likely N-dealkylation sites (N-methyl/N-ethyl adjacent to an activating group) is 1. The second-order valence-corrected chi connectivity index (χ2v) is 4.24. The average Bonchev–Trinajstić information content (AvgIpc) is 2.32. The lowest BCUT2D eigenvalue weighted by Gasteiger charge is -2.18. The molecule has 0 saturated heterocycles. The molecule has 0 aliphatic rings. The van der Waals surface area contributed by atoms with Gasteiger partial charge < -0.3 is 10.5 Å². The first-order valence-corrected chi connectivity index (χ1v) is 6.31. The van der Waals surface area contributed by atoms with E-state index in [0.29, 0.717) is 6.54 Å². The molecule has 1 aromatic rings. The smallest absolute Gasteiger partial charge is 0.0593 e. The van der Waals surface area contributed by atoms with E-state index in [-0.39, 0.29) is 0 Å². The van der Waals surface area contributed by atoms with E-state index in [2.05, 4.69) is 36.2 Å².